The third-order valence-corrected chi connectivity index (χ3v) is 6.51. The van der Waals surface area contributed by atoms with Gasteiger partial charge in [0.15, 0.2) is 0 Å². The molecule has 0 bridgehead atoms. The van der Waals surface area contributed by atoms with Crippen molar-refractivity contribution in [3.05, 3.63) is 64.7 Å². The Hall–Kier alpha value is -2.47. The van der Waals surface area contributed by atoms with E-state index in [2.05, 4.69) is 23.9 Å². The van der Waals surface area contributed by atoms with Crippen LogP contribution in [0, 0.1) is 5.41 Å². The van der Waals surface area contributed by atoms with Crippen LogP contribution in [0.15, 0.2) is 42.5 Å². The number of amides is 1. The largest absolute Gasteiger partial charge is 0.478 e. The number of carboxylic acids is 1. The van der Waals surface area contributed by atoms with Gasteiger partial charge in [-0.25, -0.2) is 4.79 Å². The highest BCUT2D eigenvalue weighted by atomic mass is 32.2. The fourth-order valence-corrected chi connectivity index (χ4v) is 4.50. The maximum absolute atomic E-state index is 12.5. The van der Waals surface area contributed by atoms with Gasteiger partial charge in [-0.2, -0.15) is 0 Å². The monoisotopic (exact) mass is 396 g/mol. The normalized spacial score (nSPS) is 20.0. The van der Waals surface area contributed by atoms with E-state index < -0.39 is 5.97 Å². The summed E-state index contributed by atoms with van der Waals surface area (Å²) in [6, 6.07) is 13.0. The van der Waals surface area contributed by atoms with Crippen LogP contribution in [0.3, 0.4) is 0 Å². The highest BCUT2D eigenvalue weighted by molar-refractivity contribution is 7.98. The Morgan fingerprint density at radius 3 is 2.64 bits per heavy atom. The second-order valence-corrected chi connectivity index (χ2v) is 9.40. The van der Waals surface area contributed by atoms with Crippen LogP contribution in [0.2, 0.25) is 0 Å². The van der Waals surface area contributed by atoms with Crippen LogP contribution in [0.1, 0.15) is 64.6 Å². The lowest BCUT2D eigenvalue weighted by molar-refractivity contribution is 0.0696. The van der Waals surface area contributed by atoms with E-state index in [1.54, 1.807) is 12.1 Å². The number of carbonyl (C=O) groups is 2. The molecule has 0 aromatic heterocycles. The number of fused-ring (bicyclic) bond motifs is 1. The molecule has 5 nitrogen and oxygen atoms in total. The number of benzene rings is 2. The smallest absolute Gasteiger partial charge is 0.335 e. The number of rotatable bonds is 5. The summed E-state index contributed by atoms with van der Waals surface area (Å²) in [5.41, 5.74) is 3.85. The lowest BCUT2D eigenvalue weighted by Gasteiger charge is -2.41. The Morgan fingerprint density at radius 2 is 1.93 bits per heavy atom. The molecule has 1 atom stereocenters. The molecular weight excluding hydrogens is 372 g/mol. The van der Waals surface area contributed by atoms with Gasteiger partial charge in [-0.15, -0.1) is 0 Å². The van der Waals surface area contributed by atoms with E-state index >= 15 is 0 Å². The predicted molar refractivity (Wildman–Crippen MR) is 112 cm³/mol. The van der Waals surface area contributed by atoms with Gasteiger partial charge in [0.1, 0.15) is 0 Å². The molecule has 0 spiro atoms. The van der Waals surface area contributed by atoms with Gasteiger partial charge in [0.2, 0.25) is 0 Å². The van der Waals surface area contributed by atoms with Crippen molar-refractivity contribution in [1.82, 2.24) is 4.72 Å². The number of carbonyl (C=O) groups excluding carboxylic acids is 1. The Morgan fingerprint density at radius 1 is 1.14 bits per heavy atom. The summed E-state index contributed by atoms with van der Waals surface area (Å²) >= 11 is 1.52. The third-order valence-electron chi connectivity index (χ3n) is 5.40. The zero-order chi connectivity index (χ0) is 19.9. The van der Waals surface area contributed by atoms with Gasteiger partial charge in [-0.05, 0) is 78.1 Å². The molecule has 1 unspecified atom stereocenters. The number of nitrogens with one attached hydrogen (secondary N) is 2. The fourth-order valence-electron chi connectivity index (χ4n) is 3.73. The molecule has 1 fully saturated rings. The van der Waals surface area contributed by atoms with Crippen molar-refractivity contribution in [2.75, 3.05) is 5.32 Å². The first-order valence-electron chi connectivity index (χ1n) is 9.52. The average Bonchev–Trinajstić information content (AvgIpc) is 3.49. The Labute approximate surface area is 169 Å². The maximum atomic E-state index is 12.5. The van der Waals surface area contributed by atoms with Crippen molar-refractivity contribution in [2.24, 2.45) is 5.41 Å². The molecule has 1 aliphatic heterocycles. The first kappa shape index (κ1) is 18.9. The molecule has 146 valence electrons. The van der Waals surface area contributed by atoms with E-state index in [9.17, 15) is 14.7 Å². The molecule has 1 saturated carbocycles. The molecule has 2 aliphatic rings. The summed E-state index contributed by atoms with van der Waals surface area (Å²) in [5, 5.41) is 13.4. The lowest BCUT2D eigenvalue weighted by Crippen LogP contribution is -2.35. The summed E-state index contributed by atoms with van der Waals surface area (Å²) in [6.45, 7) is 4.33. The number of anilines is 1. The van der Waals surface area contributed by atoms with Gasteiger partial charge < -0.3 is 10.4 Å². The Balaban J connectivity index is 1.59. The first-order valence-corrected chi connectivity index (χ1v) is 10.4. The van der Waals surface area contributed by atoms with Gasteiger partial charge in [0.05, 0.1) is 11.6 Å². The van der Waals surface area contributed by atoms with Gasteiger partial charge in [0.25, 0.3) is 5.91 Å². The second kappa shape index (κ2) is 7.17. The second-order valence-electron chi connectivity index (χ2n) is 8.29. The van der Waals surface area contributed by atoms with E-state index in [0.717, 1.165) is 23.2 Å². The van der Waals surface area contributed by atoms with Crippen LogP contribution in [0.4, 0.5) is 5.69 Å². The predicted octanol–water partition coefficient (Wildman–Crippen LogP) is 4.66. The summed E-state index contributed by atoms with van der Waals surface area (Å²) < 4.78 is 2.95. The number of aromatic carboxylic acids is 1. The van der Waals surface area contributed by atoms with Crippen molar-refractivity contribution in [2.45, 2.75) is 44.4 Å². The molecule has 1 amide bonds. The summed E-state index contributed by atoms with van der Waals surface area (Å²) in [6.07, 6.45) is 3.11. The SMILES string of the molecule is CC1(C)Cc2cc(C(=O)O)ccc2NC1c1cccc(C(=O)NSC2CC2)c1. The van der Waals surface area contributed by atoms with E-state index in [0.29, 0.717) is 16.4 Å². The third kappa shape index (κ3) is 3.87. The van der Waals surface area contributed by atoms with Crippen LogP contribution in [-0.2, 0) is 6.42 Å². The number of hydrogen-bond donors (Lipinski definition) is 3. The quantitative estimate of drug-likeness (QED) is 0.641. The molecule has 0 radical (unpaired) electrons. The van der Waals surface area contributed by atoms with Crippen molar-refractivity contribution < 1.29 is 14.7 Å². The van der Waals surface area contributed by atoms with Gasteiger partial charge >= 0.3 is 5.97 Å². The van der Waals surface area contributed by atoms with Gasteiger partial charge in [-0.3, -0.25) is 9.52 Å². The highest BCUT2D eigenvalue weighted by Gasteiger charge is 2.36. The van der Waals surface area contributed by atoms with Crippen LogP contribution >= 0.6 is 11.9 Å². The molecule has 2 aromatic rings. The van der Waals surface area contributed by atoms with Crippen LogP contribution in [0.5, 0.6) is 0 Å². The lowest BCUT2D eigenvalue weighted by atomic mass is 9.72. The average molecular weight is 397 g/mol. The zero-order valence-electron chi connectivity index (χ0n) is 16.0. The van der Waals surface area contributed by atoms with Gasteiger partial charge in [-0.1, -0.05) is 26.0 Å². The minimum absolute atomic E-state index is 0.0273. The molecule has 6 heteroatoms. The zero-order valence-corrected chi connectivity index (χ0v) is 16.8. The van der Waals surface area contributed by atoms with E-state index in [4.69, 9.17) is 0 Å². The van der Waals surface area contributed by atoms with Crippen molar-refractivity contribution >= 4 is 29.5 Å². The van der Waals surface area contributed by atoms with Crippen molar-refractivity contribution in [3.8, 4) is 0 Å². The van der Waals surface area contributed by atoms with Crippen LogP contribution in [0.25, 0.3) is 0 Å². The van der Waals surface area contributed by atoms with E-state index in [1.165, 1.54) is 24.8 Å². The highest BCUT2D eigenvalue weighted by Crippen LogP contribution is 2.45. The van der Waals surface area contributed by atoms with Crippen LogP contribution < -0.4 is 10.0 Å². The molecular formula is C22H24N2O3S. The summed E-state index contributed by atoms with van der Waals surface area (Å²) in [4.78, 5) is 23.7. The molecule has 2 aromatic carbocycles. The molecule has 28 heavy (non-hydrogen) atoms. The van der Waals surface area contributed by atoms with Crippen LogP contribution in [-0.4, -0.2) is 22.2 Å². The molecule has 1 aliphatic carbocycles. The minimum atomic E-state index is -0.912. The molecule has 0 saturated heterocycles. The molecule has 3 N–H and O–H groups in total. The molecule has 1 heterocycles. The first-order chi connectivity index (χ1) is 13.3. The van der Waals surface area contributed by atoms with Gasteiger partial charge in [0, 0.05) is 16.5 Å². The number of hydrogen-bond acceptors (Lipinski definition) is 4. The van der Waals surface area contributed by atoms with E-state index in [1.807, 2.05) is 30.3 Å². The Bertz CT molecular complexity index is 937. The minimum Gasteiger partial charge on any atom is -0.478 e. The fraction of sp³-hybridized carbons (Fsp3) is 0.364. The standard InChI is InChI=1S/C22H24N2O3S/c1-22(2)12-16-11-15(21(26)27)6-9-18(16)23-19(22)13-4-3-5-14(10-13)20(25)24-28-17-7-8-17/h3-6,9-11,17,19,23H,7-8,12H2,1-2H3,(H,24,25)(H,26,27). The number of carboxylic acid groups (broad SMARTS) is 1. The maximum Gasteiger partial charge on any atom is 0.335 e. The Kier molecular flexibility index (Phi) is 4.83. The summed E-state index contributed by atoms with van der Waals surface area (Å²) in [5.74, 6) is -0.968. The van der Waals surface area contributed by atoms with E-state index in [-0.39, 0.29) is 17.4 Å². The summed E-state index contributed by atoms with van der Waals surface area (Å²) in [7, 11) is 0. The van der Waals surface area contributed by atoms with Crippen molar-refractivity contribution in [1.29, 1.82) is 0 Å². The topological polar surface area (TPSA) is 78.4 Å². The molecule has 4 rings (SSSR count). The van der Waals surface area contributed by atoms with Crippen molar-refractivity contribution in [3.63, 3.8) is 0 Å².